The quantitative estimate of drug-likeness (QED) is 0.216. The molecule has 0 aliphatic carbocycles. The minimum atomic E-state index is 0.421. The molecule has 1 aliphatic heterocycles. The van der Waals surface area contributed by atoms with E-state index < -0.39 is 0 Å². The van der Waals surface area contributed by atoms with Gasteiger partial charge >= 0.3 is 0 Å². The van der Waals surface area contributed by atoms with Crippen molar-refractivity contribution < 1.29 is 4.74 Å². The first-order chi connectivity index (χ1) is 21.2. The molecule has 5 aromatic rings. The van der Waals surface area contributed by atoms with Crippen molar-refractivity contribution in [3.05, 3.63) is 59.9 Å². The van der Waals surface area contributed by atoms with Gasteiger partial charge < -0.3 is 30.5 Å². The molecule has 1 fully saturated rings. The number of nitrogens with zero attached hydrogens (tertiary/aromatic N) is 8. The Morgan fingerprint density at radius 1 is 0.659 bits per heavy atom. The van der Waals surface area contributed by atoms with Gasteiger partial charge in [0.25, 0.3) is 0 Å². The number of benzene rings is 2. The number of morpholine rings is 1. The Labute approximate surface area is 257 Å². The summed E-state index contributed by atoms with van der Waals surface area (Å²) in [5.74, 6) is 1.31. The van der Waals surface area contributed by atoms with Crippen LogP contribution in [0.4, 0.5) is 40.6 Å². The summed E-state index contributed by atoms with van der Waals surface area (Å²) in [4.78, 5) is 30.1. The average molecular weight is 594 g/mol. The highest BCUT2D eigenvalue weighted by Crippen LogP contribution is 2.31. The highest BCUT2D eigenvalue weighted by molar-refractivity contribution is 5.95. The average Bonchev–Trinajstić information content (AvgIpc) is 3.00. The Bertz CT molecular complexity index is 1680. The van der Waals surface area contributed by atoms with Gasteiger partial charge in [0.05, 0.1) is 30.9 Å². The van der Waals surface area contributed by atoms with Gasteiger partial charge in [-0.05, 0) is 62.4 Å². The second kappa shape index (κ2) is 12.4. The van der Waals surface area contributed by atoms with Gasteiger partial charge in [-0.25, -0.2) is 0 Å². The van der Waals surface area contributed by atoms with E-state index in [4.69, 9.17) is 29.7 Å². The fraction of sp³-hybridized carbons (Fsp3) is 0.344. The number of nitrogens with one attached hydrogen (secondary N) is 3. The zero-order valence-corrected chi connectivity index (χ0v) is 26.1. The zero-order chi connectivity index (χ0) is 30.8. The van der Waals surface area contributed by atoms with Crippen molar-refractivity contribution in [2.45, 2.75) is 13.8 Å². The SMILES string of the molecule is Cc1cc(N(C)C)c2cc(Nc3nc(NCN4CCOCC4)nc(Nc4ccc5nc(C)cc(N(C)C)c5c4)n3)ccc2n1. The van der Waals surface area contributed by atoms with Crippen LogP contribution in [0.25, 0.3) is 21.8 Å². The summed E-state index contributed by atoms with van der Waals surface area (Å²) < 4.78 is 5.50. The third kappa shape index (κ3) is 6.56. The maximum atomic E-state index is 5.50. The Balaban J connectivity index is 1.33. The molecule has 0 atom stereocenters. The predicted molar refractivity (Wildman–Crippen MR) is 179 cm³/mol. The Hall–Kier alpha value is -4.81. The monoisotopic (exact) mass is 593 g/mol. The molecular weight excluding hydrogens is 554 g/mol. The van der Waals surface area contributed by atoms with Gasteiger partial charge in [-0.1, -0.05) is 0 Å². The number of aryl methyl sites for hydroxylation is 2. The minimum absolute atomic E-state index is 0.421. The zero-order valence-electron chi connectivity index (χ0n) is 26.1. The third-order valence-electron chi connectivity index (χ3n) is 7.51. The molecular formula is C32H39N11O. The molecule has 44 heavy (non-hydrogen) atoms. The number of pyridine rings is 2. The van der Waals surface area contributed by atoms with Crippen LogP contribution in [0, 0.1) is 13.8 Å². The topological polar surface area (TPSA) is 119 Å². The highest BCUT2D eigenvalue weighted by atomic mass is 16.5. The molecule has 6 rings (SSSR count). The Kier molecular flexibility index (Phi) is 8.27. The first-order valence-corrected chi connectivity index (χ1v) is 14.7. The molecule has 0 radical (unpaired) electrons. The largest absolute Gasteiger partial charge is 0.379 e. The third-order valence-corrected chi connectivity index (χ3v) is 7.51. The smallest absolute Gasteiger partial charge is 0.233 e. The lowest BCUT2D eigenvalue weighted by Gasteiger charge is -2.26. The number of hydrogen-bond donors (Lipinski definition) is 3. The van der Waals surface area contributed by atoms with Crippen LogP contribution in [-0.4, -0.2) is 91.0 Å². The van der Waals surface area contributed by atoms with Crippen molar-refractivity contribution in [2.75, 3.05) is 86.9 Å². The fourth-order valence-corrected chi connectivity index (χ4v) is 5.34. The van der Waals surface area contributed by atoms with Crippen LogP contribution in [0.3, 0.4) is 0 Å². The summed E-state index contributed by atoms with van der Waals surface area (Å²) in [5.41, 5.74) is 7.72. The van der Waals surface area contributed by atoms with E-state index in [1.807, 2.05) is 66.3 Å². The number of anilines is 7. The predicted octanol–water partition coefficient (Wildman–Crippen LogP) is 4.91. The second-order valence-corrected chi connectivity index (χ2v) is 11.4. The molecule has 1 aliphatic rings. The van der Waals surface area contributed by atoms with Crippen molar-refractivity contribution in [3.63, 3.8) is 0 Å². The number of hydrogen-bond acceptors (Lipinski definition) is 12. The molecule has 3 N–H and O–H groups in total. The summed E-state index contributed by atoms with van der Waals surface area (Å²) in [6, 6.07) is 16.4. The van der Waals surface area contributed by atoms with E-state index in [0.29, 0.717) is 24.5 Å². The summed E-state index contributed by atoms with van der Waals surface area (Å²) in [7, 11) is 8.15. The summed E-state index contributed by atoms with van der Waals surface area (Å²) in [5, 5.41) is 12.3. The minimum Gasteiger partial charge on any atom is -0.379 e. The molecule has 0 bridgehead atoms. The number of ether oxygens (including phenoxy) is 1. The molecule has 228 valence electrons. The summed E-state index contributed by atoms with van der Waals surface area (Å²) in [6.07, 6.45) is 0. The molecule has 0 unspecified atom stereocenters. The molecule has 4 heterocycles. The van der Waals surface area contributed by atoms with Crippen LogP contribution in [0.5, 0.6) is 0 Å². The van der Waals surface area contributed by atoms with E-state index in [-0.39, 0.29) is 0 Å². The summed E-state index contributed by atoms with van der Waals surface area (Å²) >= 11 is 0. The van der Waals surface area contributed by atoms with Crippen LogP contribution < -0.4 is 25.8 Å². The molecule has 3 aromatic heterocycles. The van der Waals surface area contributed by atoms with Crippen molar-refractivity contribution in [3.8, 4) is 0 Å². The van der Waals surface area contributed by atoms with E-state index in [9.17, 15) is 0 Å². The van der Waals surface area contributed by atoms with Crippen molar-refractivity contribution in [1.29, 1.82) is 0 Å². The van der Waals surface area contributed by atoms with Crippen LogP contribution in [0.1, 0.15) is 11.4 Å². The maximum Gasteiger partial charge on any atom is 0.233 e. The molecule has 2 aromatic carbocycles. The van der Waals surface area contributed by atoms with Gasteiger partial charge in [0.2, 0.25) is 17.8 Å². The van der Waals surface area contributed by atoms with Crippen LogP contribution >= 0.6 is 0 Å². The molecule has 0 saturated carbocycles. The van der Waals surface area contributed by atoms with Crippen molar-refractivity contribution >= 4 is 62.4 Å². The van der Waals surface area contributed by atoms with E-state index in [0.717, 1.165) is 82.2 Å². The second-order valence-electron chi connectivity index (χ2n) is 11.4. The van der Waals surface area contributed by atoms with Gasteiger partial charge in [0, 0.05) is 86.2 Å². The van der Waals surface area contributed by atoms with Gasteiger partial charge in [0.1, 0.15) is 0 Å². The van der Waals surface area contributed by atoms with Gasteiger partial charge in [-0.2, -0.15) is 15.0 Å². The van der Waals surface area contributed by atoms with Crippen LogP contribution in [0.2, 0.25) is 0 Å². The number of aromatic nitrogens is 5. The lowest BCUT2D eigenvalue weighted by Crippen LogP contribution is -2.39. The van der Waals surface area contributed by atoms with Gasteiger partial charge in [-0.15, -0.1) is 0 Å². The molecule has 1 saturated heterocycles. The molecule has 0 amide bonds. The Morgan fingerprint density at radius 2 is 1.14 bits per heavy atom. The Morgan fingerprint density at radius 3 is 1.61 bits per heavy atom. The molecule has 12 nitrogen and oxygen atoms in total. The fourth-order valence-electron chi connectivity index (χ4n) is 5.34. The van der Waals surface area contributed by atoms with Gasteiger partial charge in [0.15, 0.2) is 0 Å². The summed E-state index contributed by atoms with van der Waals surface area (Å²) in [6.45, 7) is 7.77. The maximum absolute atomic E-state index is 5.50. The molecule has 12 heteroatoms. The first-order valence-electron chi connectivity index (χ1n) is 14.7. The molecule has 0 spiro atoms. The van der Waals surface area contributed by atoms with Gasteiger partial charge in [-0.3, -0.25) is 14.9 Å². The number of fused-ring (bicyclic) bond motifs is 2. The van der Waals surface area contributed by atoms with Crippen LogP contribution in [-0.2, 0) is 4.74 Å². The lowest BCUT2D eigenvalue weighted by atomic mass is 10.1. The van der Waals surface area contributed by atoms with Crippen molar-refractivity contribution in [1.82, 2.24) is 29.8 Å². The van der Waals surface area contributed by atoms with E-state index in [1.165, 1.54) is 0 Å². The van der Waals surface area contributed by atoms with E-state index in [1.54, 1.807) is 0 Å². The van der Waals surface area contributed by atoms with E-state index in [2.05, 4.69) is 54.9 Å². The standard InChI is InChI=1S/C32H39N11O/c1-20-15-28(41(3)4)24-17-22(7-9-26(24)34-20)36-31-38-30(33-19-43-11-13-44-14-12-43)39-32(40-31)37-23-8-10-27-25(18-23)29(42(5)6)16-21(2)35-27/h7-10,15-18H,11-14,19H2,1-6H3,(H3,33,36,37,38,39,40). The number of rotatable bonds is 9. The van der Waals surface area contributed by atoms with Crippen LogP contribution in [0.15, 0.2) is 48.5 Å². The lowest BCUT2D eigenvalue weighted by molar-refractivity contribution is 0.0414. The first kappa shape index (κ1) is 29.3. The normalized spacial score (nSPS) is 13.7. The van der Waals surface area contributed by atoms with Crippen molar-refractivity contribution in [2.24, 2.45) is 0 Å². The van der Waals surface area contributed by atoms with E-state index >= 15 is 0 Å². The highest BCUT2D eigenvalue weighted by Gasteiger charge is 2.14.